The Morgan fingerprint density at radius 3 is 2.56 bits per heavy atom. The summed E-state index contributed by atoms with van der Waals surface area (Å²) < 4.78 is 5.17. The third kappa shape index (κ3) is 4.67. The zero-order chi connectivity index (χ0) is 19.2. The maximum Gasteiger partial charge on any atom is 0.246 e. The van der Waals surface area contributed by atoms with E-state index in [1.165, 1.54) is 12.5 Å². The van der Waals surface area contributed by atoms with Crippen LogP contribution in [-0.2, 0) is 22.4 Å². The molecule has 0 aromatic heterocycles. The first-order valence-corrected chi connectivity index (χ1v) is 9.35. The number of anilines is 1. The number of carbonyl (C=O) groups is 2. The van der Waals surface area contributed by atoms with Crippen LogP contribution in [0.4, 0.5) is 5.69 Å². The van der Waals surface area contributed by atoms with Gasteiger partial charge in [0.1, 0.15) is 12.3 Å². The molecule has 2 aromatic rings. The molecule has 0 N–H and O–H groups in total. The van der Waals surface area contributed by atoms with E-state index < -0.39 is 0 Å². The zero-order valence-electron chi connectivity index (χ0n) is 16.0. The first-order chi connectivity index (χ1) is 13.1. The normalized spacial score (nSPS) is 13.0. The van der Waals surface area contributed by atoms with Crippen molar-refractivity contribution in [2.75, 3.05) is 31.6 Å². The fourth-order valence-corrected chi connectivity index (χ4v) is 3.45. The lowest BCUT2D eigenvalue weighted by Crippen LogP contribution is -2.44. The van der Waals surface area contributed by atoms with E-state index in [1.54, 1.807) is 12.0 Å². The summed E-state index contributed by atoms with van der Waals surface area (Å²) in [6.07, 6.45) is 2.65. The molecule has 142 valence electrons. The van der Waals surface area contributed by atoms with Crippen molar-refractivity contribution in [3.05, 3.63) is 59.7 Å². The van der Waals surface area contributed by atoms with Crippen molar-refractivity contribution in [1.82, 2.24) is 4.90 Å². The Morgan fingerprint density at radius 2 is 1.85 bits per heavy atom. The Bertz CT molecular complexity index is 801. The summed E-state index contributed by atoms with van der Waals surface area (Å²) in [6.45, 7) is 2.86. The van der Waals surface area contributed by atoms with Crippen molar-refractivity contribution in [2.45, 2.75) is 26.2 Å². The molecule has 0 atom stereocenters. The Balaban J connectivity index is 1.64. The van der Waals surface area contributed by atoms with Gasteiger partial charge in [0, 0.05) is 25.7 Å². The molecule has 0 bridgehead atoms. The van der Waals surface area contributed by atoms with Gasteiger partial charge in [-0.15, -0.1) is 0 Å². The van der Waals surface area contributed by atoms with Crippen LogP contribution in [0.15, 0.2) is 48.5 Å². The Morgan fingerprint density at radius 1 is 1.11 bits per heavy atom. The molecule has 3 rings (SSSR count). The maximum atomic E-state index is 12.9. The molecule has 5 heteroatoms. The predicted octanol–water partition coefficient (Wildman–Crippen LogP) is 3.07. The van der Waals surface area contributed by atoms with Crippen molar-refractivity contribution in [3.8, 4) is 5.75 Å². The summed E-state index contributed by atoms with van der Waals surface area (Å²) in [5.74, 6) is 0.704. The van der Waals surface area contributed by atoms with Crippen LogP contribution >= 0.6 is 0 Å². The second-order valence-corrected chi connectivity index (χ2v) is 6.82. The van der Waals surface area contributed by atoms with Crippen LogP contribution in [0.25, 0.3) is 0 Å². The summed E-state index contributed by atoms with van der Waals surface area (Å²) in [6, 6.07) is 15.8. The first-order valence-electron chi connectivity index (χ1n) is 9.35. The van der Waals surface area contributed by atoms with Crippen molar-refractivity contribution < 1.29 is 14.3 Å². The third-order valence-electron chi connectivity index (χ3n) is 5.01. The van der Waals surface area contributed by atoms with E-state index in [0.717, 1.165) is 29.8 Å². The molecular weight excluding hydrogens is 340 g/mol. The highest BCUT2D eigenvalue weighted by Crippen LogP contribution is 2.26. The summed E-state index contributed by atoms with van der Waals surface area (Å²) in [5, 5.41) is 0. The van der Waals surface area contributed by atoms with Crippen molar-refractivity contribution in [2.24, 2.45) is 0 Å². The fraction of sp³-hybridized carbons (Fsp3) is 0.364. The molecule has 1 heterocycles. The summed E-state index contributed by atoms with van der Waals surface area (Å²) >= 11 is 0. The van der Waals surface area contributed by atoms with Gasteiger partial charge in [0.05, 0.1) is 7.11 Å². The SMILES string of the molecule is COc1ccc(CCN(CC(=O)N2CCCc3ccccc32)C(C)=O)cc1. The predicted molar refractivity (Wildman–Crippen MR) is 106 cm³/mol. The van der Waals surface area contributed by atoms with E-state index in [9.17, 15) is 9.59 Å². The summed E-state index contributed by atoms with van der Waals surface area (Å²) in [7, 11) is 1.64. The van der Waals surface area contributed by atoms with Gasteiger partial charge < -0.3 is 14.5 Å². The Labute approximate surface area is 160 Å². The van der Waals surface area contributed by atoms with E-state index in [1.807, 2.05) is 47.4 Å². The number of methoxy groups -OCH3 is 1. The average molecular weight is 366 g/mol. The second-order valence-electron chi connectivity index (χ2n) is 6.82. The fourth-order valence-electron chi connectivity index (χ4n) is 3.45. The lowest BCUT2D eigenvalue weighted by atomic mass is 10.0. The number of fused-ring (bicyclic) bond motifs is 1. The number of nitrogens with zero attached hydrogens (tertiary/aromatic N) is 2. The average Bonchev–Trinajstić information content (AvgIpc) is 2.70. The number of amides is 2. The van der Waals surface area contributed by atoms with E-state index >= 15 is 0 Å². The highest BCUT2D eigenvalue weighted by Gasteiger charge is 2.24. The first kappa shape index (κ1) is 19.0. The molecule has 0 unspecified atom stereocenters. The largest absolute Gasteiger partial charge is 0.497 e. The van der Waals surface area contributed by atoms with Crippen LogP contribution in [0.1, 0.15) is 24.5 Å². The number of ether oxygens (including phenoxy) is 1. The van der Waals surface area contributed by atoms with E-state index in [0.29, 0.717) is 19.5 Å². The van der Waals surface area contributed by atoms with Crippen molar-refractivity contribution >= 4 is 17.5 Å². The molecule has 0 aliphatic carbocycles. The monoisotopic (exact) mass is 366 g/mol. The minimum absolute atomic E-state index is 0.0212. The van der Waals surface area contributed by atoms with Crippen LogP contribution in [0.3, 0.4) is 0 Å². The molecule has 0 fully saturated rings. The highest BCUT2D eigenvalue weighted by molar-refractivity contribution is 5.97. The number of para-hydroxylation sites is 1. The van der Waals surface area contributed by atoms with Gasteiger partial charge >= 0.3 is 0 Å². The van der Waals surface area contributed by atoms with E-state index in [2.05, 4.69) is 6.07 Å². The number of carbonyl (C=O) groups excluding carboxylic acids is 2. The topological polar surface area (TPSA) is 49.9 Å². The van der Waals surface area contributed by atoms with Crippen LogP contribution in [-0.4, -0.2) is 43.5 Å². The van der Waals surface area contributed by atoms with E-state index in [-0.39, 0.29) is 18.4 Å². The number of rotatable bonds is 6. The smallest absolute Gasteiger partial charge is 0.246 e. The molecular formula is C22H26N2O3. The molecule has 2 amide bonds. The standard InChI is InChI=1S/C22H26N2O3/c1-17(25)23(15-13-18-9-11-20(27-2)12-10-18)16-22(26)24-14-5-7-19-6-3-4-8-21(19)24/h3-4,6,8-12H,5,7,13-16H2,1-2H3. The van der Waals surface area contributed by atoms with Crippen LogP contribution in [0, 0.1) is 0 Å². The second kappa shape index (κ2) is 8.71. The quantitative estimate of drug-likeness (QED) is 0.789. The van der Waals surface area contributed by atoms with Crippen molar-refractivity contribution in [1.29, 1.82) is 0 Å². The Kier molecular flexibility index (Phi) is 6.12. The van der Waals surface area contributed by atoms with Crippen LogP contribution in [0.5, 0.6) is 5.75 Å². The van der Waals surface area contributed by atoms with Gasteiger partial charge in [-0.1, -0.05) is 30.3 Å². The minimum atomic E-state index is -0.0813. The van der Waals surface area contributed by atoms with Gasteiger partial charge in [-0.05, 0) is 48.6 Å². The van der Waals surface area contributed by atoms with Gasteiger partial charge in [0.2, 0.25) is 11.8 Å². The summed E-state index contributed by atoms with van der Waals surface area (Å²) in [5.41, 5.74) is 3.29. The van der Waals surface area contributed by atoms with E-state index in [4.69, 9.17) is 4.74 Å². The van der Waals surface area contributed by atoms with Crippen molar-refractivity contribution in [3.63, 3.8) is 0 Å². The molecule has 5 nitrogen and oxygen atoms in total. The molecule has 2 aromatic carbocycles. The van der Waals surface area contributed by atoms with Gasteiger partial charge in [0.15, 0.2) is 0 Å². The number of hydrogen-bond donors (Lipinski definition) is 0. The van der Waals surface area contributed by atoms with Crippen LogP contribution in [0.2, 0.25) is 0 Å². The molecule has 0 saturated carbocycles. The molecule has 0 spiro atoms. The minimum Gasteiger partial charge on any atom is -0.497 e. The maximum absolute atomic E-state index is 12.9. The van der Waals surface area contributed by atoms with Gasteiger partial charge in [-0.3, -0.25) is 9.59 Å². The number of hydrogen-bond acceptors (Lipinski definition) is 3. The van der Waals surface area contributed by atoms with Gasteiger partial charge in [-0.25, -0.2) is 0 Å². The molecule has 0 saturated heterocycles. The number of benzene rings is 2. The highest BCUT2D eigenvalue weighted by atomic mass is 16.5. The molecule has 27 heavy (non-hydrogen) atoms. The lowest BCUT2D eigenvalue weighted by molar-refractivity contribution is -0.133. The number of aryl methyl sites for hydroxylation is 1. The molecule has 0 radical (unpaired) electrons. The van der Waals surface area contributed by atoms with Gasteiger partial charge in [-0.2, -0.15) is 0 Å². The third-order valence-corrected chi connectivity index (χ3v) is 5.01. The molecule has 1 aliphatic rings. The van der Waals surface area contributed by atoms with Gasteiger partial charge in [0.25, 0.3) is 0 Å². The zero-order valence-corrected chi connectivity index (χ0v) is 16.0. The summed E-state index contributed by atoms with van der Waals surface area (Å²) in [4.78, 5) is 28.4. The molecule has 1 aliphatic heterocycles. The lowest BCUT2D eigenvalue weighted by Gasteiger charge is -2.31. The Hall–Kier alpha value is -2.82. The van der Waals surface area contributed by atoms with Crippen LogP contribution < -0.4 is 9.64 Å².